The summed E-state index contributed by atoms with van der Waals surface area (Å²) in [5.74, 6) is -0.0904. The van der Waals surface area contributed by atoms with Crippen LogP contribution >= 0.6 is 0 Å². The molecule has 0 saturated carbocycles. The zero-order valence-corrected chi connectivity index (χ0v) is 10.4. The number of nitrogens with one attached hydrogen (secondary N) is 1. The molecule has 0 bridgehead atoms. The molecule has 4 nitrogen and oxygen atoms in total. The molecule has 1 atom stereocenters. The average Bonchev–Trinajstić information content (AvgIpc) is 2.24. The third-order valence-electron chi connectivity index (χ3n) is 2.10. The summed E-state index contributed by atoms with van der Waals surface area (Å²) in [4.78, 5) is 11.4. The topological polar surface area (TPSA) is 64.3 Å². The van der Waals surface area contributed by atoms with E-state index in [2.05, 4.69) is 18.8 Å². The number of unbranched alkanes of at least 4 members (excludes halogenated alkanes) is 1. The van der Waals surface area contributed by atoms with Crippen molar-refractivity contribution in [2.24, 2.45) is 5.73 Å². The van der Waals surface area contributed by atoms with Crippen molar-refractivity contribution in [2.45, 2.75) is 39.2 Å². The predicted octanol–water partition coefficient (Wildman–Crippen LogP) is 1.21. The number of carbonyl (C=O) groups excluding carboxylic acids is 1. The van der Waals surface area contributed by atoms with Crippen LogP contribution in [0.5, 0.6) is 0 Å². The normalized spacial score (nSPS) is 12.2. The Labute approximate surface area is 98.2 Å². The Morgan fingerprint density at radius 2 is 2.25 bits per heavy atom. The highest BCUT2D eigenvalue weighted by atomic mass is 16.5. The first kappa shape index (κ1) is 15.1. The van der Waals surface area contributed by atoms with Crippen LogP contribution in [0.4, 0.5) is 0 Å². The summed E-state index contributed by atoms with van der Waals surface area (Å²) >= 11 is 0. The number of carbonyl (C=O) groups is 1. The van der Waals surface area contributed by atoms with Gasteiger partial charge in [-0.25, -0.2) is 0 Å². The Kier molecular flexibility index (Phi) is 8.85. The molecule has 4 heteroatoms. The van der Waals surface area contributed by atoms with Crippen LogP contribution in [0.25, 0.3) is 0 Å². The number of amides is 1. The first-order chi connectivity index (χ1) is 7.57. The second-order valence-electron chi connectivity index (χ2n) is 4.05. The summed E-state index contributed by atoms with van der Waals surface area (Å²) in [6.45, 7) is 9.24. The van der Waals surface area contributed by atoms with Crippen molar-refractivity contribution in [3.05, 3.63) is 12.2 Å². The van der Waals surface area contributed by atoms with Gasteiger partial charge in [0.25, 0.3) is 0 Å². The molecule has 16 heavy (non-hydrogen) atoms. The molecule has 94 valence electrons. The van der Waals surface area contributed by atoms with Gasteiger partial charge in [0.1, 0.15) is 0 Å². The van der Waals surface area contributed by atoms with Gasteiger partial charge in [0.2, 0.25) is 5.91 Å². The number of rotatable bonds is 9. The largest absolute Gasteiger partial charge is 0.375 e. The van der Waals surface area contributed by atoms with E-state index in [1.807, 2.05) is 6.92 Å². The second kappa shape index (κ2) is 9.36. The highest BCUT2D eigenvalue weighted by Gasteiger charge is 2.11. The van der Waals surface area contributed by atoms with E-state index in [-0.39, 0.29) is 11.9 Å². The third kappa shape index (κ3) is 8.44. The minimum Gasteiger partial charge on any atom is -0.375 e. The highest BCUT2D eigenvalue weighted by molar-refractivity contribution is 5.81. The van der Waals surface area contributed by atoms with Gasteiger partial charge < -0.3 is 15.8 Å². The number of ether oxygens (including phenoxy) is 1. The Balaban J connectivity index is 3.45. The van der Waals surface area contributed by atoms with Gasteiger partial charge in [-0.2, -0.15) is 0 Å². The van der Waals surface area contributed by atoms with E-state index >= 15 is 0 Å². The molecule has 1 unspecified atom stereocenters. The van der Waals surface area contributed by atoms with E-state index in [1.165, 1.54) is 0 Å². The molecule has 0 aromatic carbocycles. The summed E-state index contributed by atoms with van der Waals surface area (Å²) in [5.41, 5.74) is 6.68. The van der Waals surface area contributed by atoms with Gasteiger partial charge in [0.05, 0.1) is 19.3 Å². The smallest absolute Gasteiger partial charge is 0.236 e. The van der Waals surface area contributed by atoms with E-state index in [0.717, 1.165) is 24.8 Å². The van der Waals surface area contributed by atoms with Gasteiger partial charge in [-0.05, 0) is 13.3 Å². The van der Waals surface area contributed by atoms with Gasteiger partial charge in [0.15, 0.2) is 0 Å². The molecule has 0 aliphatic rings. The van der Waals surface area contributed by atoms with Crippen molar-refractivity contribution in [1.82, 2.24) is 5.32 Å². The fourth-order valence-electron chi connectivity index (χ4n) is 1.18. The molecule has 0 aliphatic heterocycles. The lowest BCUT2D eigenvalue weighted by molar-refractivity contribution is -0.122. The molecule has 0 saturated heterocycles. The van der Waals surface area contributed by atoms with Crippen molar-refractivity contribution in [3.63, 3.8) is 0 Å². The Hall–Kier alpha value is -0.870. The lowest BCUT2D eigenvalue weighted by Crippen LogP contribution is -2.41. The predicted molar refractivity (Wildman–Crippen MR) is 66.1 cm³/mol. The molecule has 3 N–H and O–H groups in total. The molecule has 0 heterocycles. The van der Waals surface area contributed by atoms with E-state index in [1.54, 1.807) is 0 Å². The van der Waals surface area contributed by atoms with E-state index in [4.69, 9.17) is 10.5 Å². The van der Waals surface area contributed by atoms with Gasteiger partial charge in [-0.1, -0.05) is 31.9 Å². The number of hydrogen-bond donors (Lipinski definition) is 2. The summed E-state index contributed by atoms with van der Waals surface area (Å²) in [5, 5.41) is 2.75. The summed E-state index contributed by atoms with van der Waals surface area (Å²) in [7, 11) is 0. The minimum atomic E-state index is -0.388. The molecule has 0 aromatic heterocycles. The Morgan fingerprint density at radius 3 is 2.81 bits per heavy atom. The molecule has 1 amide bonds. The third-order valence-corrected chi connectivity index (χ3v) is 2.10. The van der Waals surface area contributed by atoms with Crippen LogP contribution in [-0.2, 0) is 9.53 Å². The van der Waals surface area contributed by atoms with E-state index in [0.29, 0.717) is 19.8 Å². The molecule has 0 fully saturated rings. The molecular formula is C12H24N2O2. The number of hydrogen-bond acceptors (Lipinski definition) is 3. The summed E-state index contributed by atoms with van der Waals surface area (Å²) in [6.07, 6.45) is 2.79. The maximum atomic E-state index is 11.4. The Bertz CT molecular complexity index is 217. The van der Waals surface area contributed by atoms with Crippen LogP contribution in [0.3, 0.4) is 0 Å². The van der Waals surface area contributed by atoms with Crippen molar-refractivity contribution in [2.75, 3.05) is 19.8 Å². The monoisotopic (exact) mass is 228 g/mol. The van der Waals surface area contributed by atoms with Gasteiger partial charge in [-0.15, -0.1) is 0 Å². The van der Waals surface area contributed by atoms with Crippen LogP contribution in [-0.4, -0.2) is 31.7 Å². The standard InChI is InChI=1S/C12H24N2O2/c1-4-5-6-11(13)12(15)14-7-8-16-9-10(2)3/h11H,2,4-9,13H2,1,3H3,(H,14,15). The zero-order chi connectivity index (χ0) is 12.4. The van der Waals surface area contributed by atoms with Crippen molar-refractivity contribution in [3.8, 4) is 0 Å². The minimum absolute atomic E-state index is 0.0904. The molecule has 0 spiro atoms. The lowest BCUT2D eigenvalue weighted by Gasteiger charge is -2.11. The lowest BCUT2D eigenvalue weighted by atomic mass is 10.1. The van der Waals surface area contributed by atoms with E-state index in [9.17, 15) is 4.79 Å². The molecular weight excluding hydrogens is 204 g/mol. The van der Waals surface area contributed by atoms with Crippen LogP contribution in [0, 0.1) is 0 Å². The van der Waals surface area contributed by atoms with Gasteiger partial charge in [-0.3, -0.25) is 4.79 Å². The van der Waals surface area contributed by atoms with Gasteiger partial charge in [0, 0.05) is 6.54 Å². The summed E-state index contributed by atoms with van der Waals surface area (Å²) < 4.78 is 5.25. The molecule has 0 aromatic rings. The quantitative estimate of drug-likeness (QED) is 0.460. The van der Waals surface area contributed by atoms with Crippen LogP contribution < -0.4 is 11.1 Å². The highest BCUT2D eigenvalue weighted by Crippen LogP contribution is 1.97. The van der Waals surface area contributed by atoms with Gasteiger partial charge >= 0.3 is 0 Å². The second-order valence-corrected chi connectivity index (χ2v) is 4.05. The number of nitrogens with two attached hydrogens (primary N) is 1. The average molecular weight is 228 g/mol. The summed E-state index contributed by atoms with van der Waals surface area (Å²) in [6, 6.07) is -0.388. The maximum Gasteiger partial charge on any atom is 0.236 e. The molecule has 0 radical (unpaired) electrons. The van der Waals surface area contributed by atoms with Crippen LogP contribution in [0.15, 0.2) is 12.2 Å². The van der Waals surface area contributed by atoms with Crippen molar-refractivity contribution in [1.29, 1.82) is 0 Å². The van der Waals surface area contributed by atoms with Crippen molar-refractivity contribution >= 4 is 5.91 Å². The van der Waals surface area contributed by atoms with Crippen LogP contribution in [0.2, 0.25) is 0 Å². The van der Waals surface area contributed by atoms with Crippen LogP contribution in [0.1, 0.15) is 33.1 Å². The first-order valence-electron chi connectivity index (χ1n) is 5.83. The Morgan fingerprint density at radius 1 is 1.56 bits per heavy atom. The fraction of sp³-hybridized carbons (Fsp3) is 0.750. The van der Waals surface area contributed by atoms with E-state index < -0.39 is 0 Å². The zero-order valence-electron chi connectivity index (χ0n) is 10.4. The fourth-order valence-corrected chi connectivity index (χ4v) is 1.18. The SMILES string of the molecule is C=C(C)COCCNC(=O)C(N)CCCC. The molecule has 0 aliphatic carbocycles. The maximum absolute atomic E-state index is 11.4. The molecule has 0 rings (SSSR count). The first-order valence-corrected chi connectivity index (χ1v) is 5.83. The van der Waals surface area contributed by atoms with Crippen molar-refractivity contribution < 1.29 is 9.53 Å².